The molecule has 0 aromatic heterocycles. The monoisotopic (exact) mass is 1380 g/mol. The molecule has 0 heterocycles. The number of rotatable bonds is 42. The Morgan fingerprint density at radius 2 is 0.679 bits per heavy atom. The molecule has 0 aromatic carbocycles. The van der Waals surface area contributed by atoms with Crippen LogP contribution in [0.4, 0.5) is 123 Å². The van der Waals surface area contributed by atoms with Crippen molar-refractivity contribution in [3.05, 3.63) is 12.7 Å². The first-order valence-electron chi connectivity index (χ1n) is 21.7. The third-order valence-corrected chi connectivity index (χ3v) is 15.6. The van der Waals surface area contributed by atoms with Crippen LogP contribution in [0, 0.1) is 0 Å². The lowest BCUT2D eigenvalue weighted by atomic mass is 9.85. The molecule has 0 aliphatic carbocycles. The van der Waals surface area contributed by atoms with Gasteiger partial charge in [0.1, 0.15) is 5.94 Å². The van der Waals surface area contributed by atoms with Crippen LogP contribution in [-0.2, 0) is 19.1 Å². The van der Waals surface area contributed by atoms with E-state index in [0.29, 0.717) is 12.8 Å². The number of unbranched alkanes of at least 4 members (excludes halogenated alkanes) is 7. The quantitative estimate of drug-likeness (QED) is 0.0118. The van der Waals surface area contributed by atoms with Gasteiger partial charge < -0.3 is 14.9 Å². The van der Waals surface area contributed by atoms with E-state index in [4.69, 9.17) is 10.2 Å². The van der Waals surface area contributed by atoms with E-state index in [1.165, 1.54) is 6.08 Å². The van der Waals surface area contributed by atoms with Crippen LogP contribution in [0.5, 0.6) is 0 Å². The number of aliphatic carboxylic acids is 2. The van der Waals surface area contributed by atoms with E-state index in [-0.39, 0.29) is 42.8 Å². The maximum Gasteiger partial charge on any atom is 0.387 e. The van der Waals surface area contributed by atoms with Gasteiger partial charge in [-0.3, -0.25) is 14.4 Å². The summed E-state index contributed by atoms with van der Waals surface area (Å²) >= 11 is -1.61. The number of carbonyl (C=O) groups is 3. The van der Waals surface area contributed by atoms with Gasteiger partial charge in [-0.2, -0.15) is 123 Å². The van der Waals surface area contributed by atoms with Crippen LogP contribution in [0.15, 0.2) is 12.7 Å². The normalized spacial score (nSPS) is 16.0. The van der Waals surface area contributed by atoms with E-state index in [1.807, 2.05) is 0 Å². The van der Waals surface area contributed by atoms with Gasteiger partial charge in [0.05, 0.1) is 11.5 Å². The molecule has 0 amide bonds. The number of carbonyl (C=O) groups excluding carboxylic acids is 1. The summed E-state index contributed by atoms with van der Waals surface area (Å²) in [6, 6.07) is 0. The molecular formula is C40H45F28IO6S3. The van der Waals surface area contributed by atoms with Crippen molar-refractivity contribution < 1.29 is 152 Å². The van der Waals surface area contributed by atoms with E-state index in [0.717, 1.165) is 0 Å². The van der Waals surface area contributed by atoms with E-state index < -0.39 is 231 Å². The molecule has 0 spiro atoms. The first-order chi connectivity index (χ1) is 34.8. The smallest absolute Gasteiger partial charge is 0.387 e. The average Bonchev–Trinajstić information content (AvgIpc) is 3.27. The molecule has 38 heteroatoms. The van der Waals surface area contributed by atoms with Crippen LogP contribution in [0.3, 0.4) is 0 Å². The van der Waals surface area contributed by atoms with Gasteiger partial charge in [-0.15, -0.1) is 41.9 Å². The molecule has 0 fully saturated rings. The van der Waals surface area contributed by atoms with Crippen molar-refractivity contribution in [2.24, 2.45) is 0 Å². The fourth-order valence-electron chi connectivity index (χ4n) is 6.68. The van der Waals surface area contributed by atoms with Crippen molar-refractivity contribution in [1.82, 2.24) is 0 Å². The number of hydrogen-bond acceptors (Lipinski definition) is 7. The highest BCUT2D eigenvalue weighted by Gasteiger charge is 2.95. The van der Waals surface area contributed by atoms with Crippen molar-refractivity contribution in [2.45, 2.75) is 193 Å². The molecule has 3 unspecified atom stereocenters. The van der Waals surface area contributed by atoms with Crippen molar-refractivity contribution in [2.75, 3.05) is 17.4 Å². The van der Waals surface area contributed by atoms with E-state index in [1.54, 1.807) is 0 Å². The molecule has 0 radical (unpaired) electrons. The molecule has 78 heavy (non-hydrogen) atoms. The van der Waals surface area contributed by atoms with Gasteiger partial charge in [0.2, 0.25) is 0 Å². The zero-order valence-corrected chi connectivity index (χ0v) is 43.6. The first kappa shape index (κ1) is 76.0. The van der Waals surface area contributed by atoms with Crippen molar-refractivity contribution >= 4 is 76.3 Å². The number of carboxylic acids is 2. The summed E-state index contributed by atoms with van der Waals surface area (Å²) in [5.74, 6) is -110. The molecule has 0 rings (SSSR count). The molecule has 0 bridgehead atoms. The molecular weight excluding hydrogens is 1330 g/mol. The molecule has 0 aliphatic heterocycles. The summed E-state index contributed by atoms with van der Waals surface area (Å²) in [5, 5.41) is 10.7. The predicted octanol–water partition coefficient (Wildman–Crippen LogP) is 16.9. The summed E-state index contributed by atoms with van der Waals surface area (Å²) in [5.41, 5.74) is 0. The Hall–Kier alpha value is -2.03. The lowest BCUT2D eigenvalue weighted by Crippen LogP contribution is -2.74. The fraction of sp³-hybridized carbons (Fsp3) is 0.875. The molecule has 3 atom stereocenters. The molecule has 6 nitrogen and oxygen atoms in total. The van der Waals surface area contributed by atoms with Gasteiger partial charge >= 0.3 is 92.9 Å². The topological polar surface area (TPSA) is 101 Å². The average molecular weight is 1380 g/mol. The van der Waals surface area contributed by atoms with Crippen molar-refractivity contribution in [1.29, 1.82) is 0 Å². The van der Waals surface area contributed by atoms with Crippen LogP contribution in [0.2, 0.25) is 0 Å². The van der Waals surface area contributed by atoms with Gasteiger partial charge in [-0.1, -0.05) is 51.0 Å². The number of alkyl halides is 29. The molecule has 462 valence electrons. The third-order valence-electron chi connectivity index (χ3n) is 11.2. The number of hydrogen-bond donors (Lipinski definition) is 2. The highest BCUT2D eigenvalue weighted by molar-refractivity contribution is 14.1. The second-order valence-corrected chi connectivity index (χ2v) is 22.2. The fourth-order valence-corrected chi connectivity index (χ4v) is 10.1. The van der Waals surface area contributed by atoms with Gasteiger partial charge in [-0.25, -0.2) is 0 Å². The predicted molar refractivity (Wildman–Crippen MR) is 234 cm³/mol. The largest absolute Gasteiger partial charge is 0.481 e. The minimum atomic E-state index is -8.84. The molecule has 0 saturated heterocycles. The van der Waals surface area contributed by atoms with Crippen LogP contribution in [-0.4, -0.2) is 143 Å². The number of ether oxygens (including phenoxy) is 1. The number of halogens is 29. The Labute approximate surface area is 450 Å². The Morgan fingerprint density at radius 1 is 0.423 bits per heavy atom. The SMILES string of the molecule is C=CCCCCCCC(CC(F)(F)C(F)(F)C(F)(F)C(F)(F)C(F)(F)C(F)(F)C(F)(F)C(F)(F)CC(CCCCCCC(CC(F)(F)C(F)(F)C(F)(F)C(F)(F)C(F)(F)C(F)(F)I)SCOC=O)SCC(=O)O)SCC(=O)O. The van der Waals surface area contributed by atoms with Crippen LogP contribution in [0.1, 0.15) is 96.3 Å². The summed E-state index contributed by atoms with van der Waals surface area (Å²) in [4.78, 5) is 32.5. The number of allylic oxidation sites excluding steroid dienone is 1. The minimum Gasteiger partial charge on any atom is -0.481 e. The maximum atomic E-state index is 15.1. The number of thioether (sulfide) groups is 3. The standard InChI is InChI=1S/C40H45F28IO6S3/c1-2-3-4-5-6-9-12-22(76-18-25(71)72)15-27(41,42)30(47,48)33(53,54)36(59,60)37(61,62)34(55,56)31(49,50)28(43,44)16-23(77-19-26(73)74)13-10-7-8-11-14-24(78-21-75-20-70)17-29(45,46)32(51,52)35(57,58)38(63,64)39(65,66)40(67,68)69/h2,20,22-24H,1,3-19,21H2,(H,71,72)(H,73,74). The second kappa shape index (κ2) is 28.0. The van der Waals surface area contributed by atoms with Crippen LogP contribution < -0.4 is 0 Å². The zero-order valence-electron chi connectivity index (χ0n) is 39.0. The highest BCUT2D eigenvalue weighted by Crippen LogP contribution is 2.66. The van der Waals surface area contributed by atoms with Crippen molar-refractivity contribution in [3.63, 3.8) is 0 Å². The van der Waals surface area contributed by atoms with Crippen LogP contribution in [0.25, 0.3) is 0 Å². The zero-order chi connectivity index (χ0) is 61.9. The highest BCUT2D eigenvalue weighted by atomic mass is 127. The van der Waals surface area contributed by atoms with Gasteiger partial charge in [0, 0.05) is 57.6 Å². The molecule has 0 saturated carbocycles. The van der Waals surface area contributed by atoms with Gasteiger partial charge in [-0.05, 0) is 32.1 Å². The lowest BCUT2D eigenvalue weighted by Gasteiger charge is -2.44. The lowest BCUT2D eigenvalue weighted by molar-refractivity contribution is -0.453. The summed E-state index contributed by atoms with van der Waals surface area (Å²) < 4.78 is 404. The summed E-state index contributed by atoms with van der Waals surface area (Å²) in [6.45, 7) is 2.96. The van der Waals surface area contributed by atoms with Gasteiger partial charge in [0.25, 0.3) is 6.47 Å². The Morgan fingerprint density at radius 3 is 0.936 bits per heavy atom. The molecule has 0 aromatic rings. The minimum absolute atomic E-state index is 0.0593. The Balaban J connectivity index is 6.55. The van der Waals surface area contributed by atoms with Gasteiger partial charge in [0.15, 0.2) is 0 Å². The summed E-state index contributed by atoms with van der Waals surface area (Å²) in [7, 11) is 0. The van der Waals surface area contributed by atoms with Crippen molar-refractivity contribution in [3.8, 4) is 0 Å². The molecule has 0 aliphatic rings. The van der Waals surface area contributed by atoms with Crippen LogP contribution >= 0.6 is 57.9 Å². The van der Waals surface area contributed by atoms with E-state index in [2.05, 4.69) is 11.3 Å². The maximum absolute atomic E-state index is 15.1. The second-order valence-electron chi connectivity index (χ2n) is 17.1. The van der Waals surface area contributed by atoms with E-state index in [9.17, 15) is 129 Å². The summed E-state index contributed by atoms with van der Waals surface area (Å²) in [6.07, 6.45) is -11.9. The third kappa shape index (κ3) is 16.8. The Bertz CT molecular complexity index is 1930. The van der Waals surface area contributed by atoms with E-state index >= 15 is 8.78 Å². The molecule has 2 N–H and O–H groups in total. The Kier molecular flexibility index (Phi) is 27.3. The number of carboxylic acid groups (broad SMARTS) is 2. The first-order valence-corrected chi connectivity index (χ1v) is 25.9.